The van der Waals surface area contributed by atoms with Crippen LogP contribution >= 0.6 is 0 Å². The quantitative estimate of drug-likeness (QED) is 0.830. The largest absolute Gasteiger partial charge is 0.371 e. The second-order valence-electron chi connectivity index (χ2n) is 6.11. The molecule has 1 aliphatic rings. The average molecular weight is 275 g/mol. The minimum absolute atomic E-state index is 0.235. The van der Waals surface area contributed by atoms with E-state index in [-0.39, 0.29) is 11.9 Å². The van der Waals surface area contributed by atoms with Crippen molar-refractivity contribution in [1.29, 1.82) is 0 Å². The summed E-state index contributed by atoms with van der Waals surface area (Å²) in [7, 11) is 0. The van der Waals surface area contributed by atoms with Crippen molar-refractivity contribution in [3.05, 3.63) is 29.8 Å². The van der Waals surface area contributed by atoms with Gasteiger partial charge < -0.3 is 16.0 Å². The molecule has 0 aromatic heterocycles. The molecule has 1 unspecified atom stereocenters. The summed E-state index contributed by atoms with van der Waals surface area (Å²) in [6.07, 6.45) is 1.80. The van der Waals surface area contributed by atoms with Gasteiger partial charge in [-0.25, -0.2) is 0 Å². The normalized spacial score (nSPS) is 17.1. The van der Waals surface area contributed by atoms with Crippen molar-refractivity contribution in [1.82, 2.24) is 5.32 Å². The molecule has 1 heterocycles. The summed E-state index contributed by atoms with van der Waals surface area (Å²) in [5.41, 5.74) is 7.62. The number of fused-ring (bicyclic) bond motifs is 1. The predicted octanol–water partition coefficient (Wildman–Crippen LogP) is 1.68. The first kappa shape index (κ1) is 14.9. The van der Waals surface area contributed by atoms with Crippen LogP contribution in [0, 0.1) is 0 Å². The number of carbonyl (C=O) groups excluding carboxylic acids is 1. The molecule has 0 saturated heterocycles. The van der Waals surface area contributed by atoms with Crippen LogP contribution in [-0.4, -0.2) is 30.6 Å². The highest BCUT2D eigenvalue weighted by Crippen LogP contribution is 2.28. The number of hydrogen-bond acceptors (Lipinski definition) is 3. The molecule has 20 heavy (non-hydrogen) atoms. The minimum atomic E-state index is -0.647. The van der Waals surface area contributed by atoms with Gasteiger partial charge in [-0.15, -0.1) is 0 Å². The van der Waals surface area contributed by atoms with Gasteiger partial charge in [0, 0.05) is 24.8 Å². The summed E-state index contributed by atoms with van der Waals surface area (Å²) in [4.78, 5) is 14.1. The summed E-state index contributed by atoms with van der Waals surface area (Å²) in [6.45, 7) is 7.84. The first-order valence-electron chi connectivity index (χ1n) is 7.33. The zero-order chi connectivity index (χ0) is 14.8. The fourth-order valence-corrected chi connectivity index (χ4v) is 2.90. The topological polar surface area (TPSA) is 58.4 Å². The monoisotopic (exact) mass is 275 g/mol. The van der Waals surface area contributed by atoms with Crippen LogP contribution in [-0.2, 0) is 11.2 Å². The molecule has 0 saturated carbocycles. The molecule has 0 aliphatic carbocycles. The van der Waals surface area contributed by atoms with Gasteiger partial charge in [-0.3, -0.25) is 4.79 Å². The number of benzene rings is 1. The smallest absolute Gasteiger partial charge is 0.237 e. The third kappa shape index (κ3) is 3.12. The van der Waals surface area contributed by atoms with E-state index in [1.54, 1.807) is 0 Å². The van der Waals surface area contributed by atoms with Gasteiger partial charge in [0.15, 0.2) is 0 Å². The molecule has 0 spiro atoms. The first-order chi connectivity index (χ1) is 9.42. The Morgan fingerprint density at radius 3 is 2.80 bits per heavy atom. The van der Waals surface area contributed by atoms with Gasteiger partial charge in [0.2, 0.25) is 5.91 Å². The maximum Gasteiger partial charge on any atom is 0.237 e. The van der Waals surface area contributed by atoms with E-state index >= 15 is 0 Å². The van der Waals surface area contributed by atoms with E-state index < -0.39 is 5.54 Å². The number of primary amides is 1. The van der Waals surface area contributed by atoms with Gasteiger partial charge in [0.25, 0.3) is 0 Å². The molecule has 1 aromatic carbocycles. The van der Waals surface area contributed by atoms with E-state index in [0.717, 1.165) is 25.9 Å². The van der Waals surface area contributed by atoms with Crippen molar-refractivity contribution in [2.24, 2.45) is 5.73 Å². The number of para-hydroxylation sites is 1. The third-order valence-corrected chi connectivity index (χ3v) is 4.02. The highest BCUT2D eigenvalue weighted by atomic mass is 16.1. The van der Waals surface area contributed by atoms with Crippen LogP contribution < -0.4 is 16.0 Å². The number of rotatable bonds is 6. The molecular weight excluding hydrogens is 250 g/mol. The summed E-state index contributed by atoms with van der Waals surface area (Å²) in [5, 5.41) is 3.30. The van der Waals surface area contributed by atoms with Crippen LogP contribution in [0.3, 0.4) is 0 Å². The van der Waals surface area contributed by atoms with E-state index in [1.165, 1.54) is 11.3 Å². The SMILES string of the molecule is CC(C)NC(C)(CCN1CCc2ccccc21)C(N)=O. The number of amides is 1. The number of nitrogens with two attached hydrogens (primary N) is 1. The molecule has 1 amide bonds. The van der Waals surface area contributed by atoms with Crippen molar-refractivity contribution in [2.75, 3.05) is 18.0 Å². The number of anilines is 1. The van der Waals surface area contributed by atoms with Gasteiger partial charge in [-0.05, 0) is 45.2 Å². The maximum absolute atomic E-state index is 11.7. The van der Waals surface area contributed by atoms with Crippen LogP contribution in [0.15, 0.2) is 24.3 Å². The van der Waals surface area contributed by atoms with E-state index in [9.17, 15) is 4.79 Å². The Balaban J connectivity index is 2.03. The van der Waals surface area contributed by atoms with Crippen LogP contribution in [0.25, 0.3) is 0 Å². The Kier molecular flexibility index (Phi) is 4.33. The van der Waals surface area contributed by atoms with E-state index in [4.69, 9.17) is 5.73 Å². The fraction of sp³-hybridized carbons (Fsp3) is 0.562. The molecule has 0 fully saturated rings. The second kappa shape index (κ2) is 5.83. The minimum Gasteiger partial charge on any atom is -0.371 e. The molecule has 110 valence electrons. The summed E-state index contributed by atoms with van der Waals surface area (Å²) >= 11 is 0. The summed E-state index contributed by atoms with van der Waals surface area (Å²) in [5.74, 6) is -0.279. The lowest BCUT2D eigenvalue weighted by atomic mass is 9.95. The van der Waals surface area contributed by atoms with Crippen molar-refractivity contribution in [2.45, 2.75) is 45.2 Å². The lowest BCUT2D eigenvalue weighted by Crippen LogP contribution is -2.56. The third-order valence-electron chi connectivity index (χ3n) is 4.02. The molecule has 2 rings (SSSR count). The lowest BCUT2D eigenvalue weighted by Gasteiger charge is -2.32. The van der Waals surface area contributed by atoms with E-state index in [2.05, 4.69) is 34.5 Å². The Hall–Kier alpha value is -1.55. The number of nitrogens with zero attached hydrogens (tertiary/aromatic N) is 1. The van der Waals surface area contributed by atoms with Gasteiger partial charge in [0.1, 0.15) is 0 Å². The Morgan fingerprint density at radius 1 is 1.45 bits per heavy atom. The van der Waals surface area contributed by atoms with Gasteiger partial charge in [-0.2, -0.15) is 0 Å². The van der Waals surface area contributed by atoms with Crippen LogP contribution in [0.2, 0.25) is 0 Å². The number of nitrogens with one attached hydrogen (secondary N) is 1. The van der Waals surface area contributed by atoms with E-state index in [1.807, 2.05) is 20.8 Å². The maximum atomic E-state index is 11.7. The predicted molar refractivity (Wildman–Crippen MR) is 82.8 cm³/mol. The molecule has 3 N–H and O–H groups in total. The molecule has 0 bridgehead atoms. The Bertz CT molecular complexity index is 486. The Labute approximate surface area is 121 Å². The molecular formula is C16H25N3O. The molecule has 4 nitrogen and oxygen atoms in total. The van der Waals surface area contributed by atoms with Crippen LogP contribution in [0.1, 0.15) is 32.8 Å². The van der Waals surface area contributed by atoms with Crippen LogP contribution in [0.4, 0.5) is 5.69 Å². The summed E-state index contributed by atoms with van der Waals surface area (Å²) < 4.78 is 0. The lowest BCUT2D eigenvalue weighted by molar-refractivity contribution is -0.124. The molecule has 4 heteroatoms. The molecule has 1 atom stereocenters. The van der Waals surface area contributed by atoms with Gasteiger partial charge in [0.05, 0.1) is 5.54 Å². The number of hydrogen-bond donors (Lipinski definition) is 2. The van der Waals surface area contributed by atoms with Gasteiger partial charge in [-0.1, -0.05) is 18.2 Å². The Morgan fingerprint density at radius 2 is 2.15 bits per heavy atom. The zero-order valence-electron chi connectivity index (χ0n) is 12.6. The van der Waals surface area contributed by atoms with E-state index in [0.29, 0.717) is 0 Å². The van der Waals surface area contributed by atoms with Crippen molar-refractivity contribution in [3.8, 4) is 0 Å². The molecule has 1 aliphatic heterocycles. The highest BCUT2D eigenvalue weighted by molar-refractivity contribution is 5.84. The summed E-state index contributed by atoms with van der Waals surface area (Å²) in [6, 6.07) is 8.71. The molecule has 1 aromatic rings. The van der Waals surface area contributed by atoms with Crippen LogP contribution in [0.5, 0.6) is 0 Å². The van der Waals surface area contributed by atoms with Crippen molar-refractivity contribution < 1.29 is 4.79 Å². The first-order valence-corrected chi connectivity index (χ1v) is 7.33. The zero-order valence-corrected chi connectivity index (χ0v) is 12.6. The average Bonchev–Trinajstić information content (AvgIpc) is 2.78. The van der Waals surface area contributed by atoms with Crippen molar-refractivity contribution in [3.63, 3.8) is 0 Å². The highest BCUT2D eigenvalue weighted by Gasteiger charge is 2.32. The number of carbonyl (C=O) groups is 1. The molecule has 0 radical (unpaired) electrons. The standard InChI is InChI=1S/C16H25N3O/c1-12(2)18-16(3,15(17)20)9-11-19-10-8-13-6-4-5-7-14(13)19/h4-7,12,18H,8-11H2,1-3H3,(H2,17,20). The van der Waals surface area contributed by atoms with Gasteiger partial charge >= 0.3 is 0 Å². The fourth-order valence-electron chi connectivity index (χ4n) is 2.90. The van der Waals surface area contributed by atoms with Crippen molar-refractivity contribution >= 4 is 11.6 Å². The second-order valence-corrected chi connectivity index (χ2v) is 6.11.